The number of nitrogens with zero attached hydrogens (tertiary/aromatic N) is 1. The molecule has 8 nitrogen and oxygen atoms in total. The van der Waals surface area contributed by atoms with Gasteiger partial charge in [-0.15, -0.1) is 9.42 Å². The lowest BCUT2D eigenvalue weighted by molar-refractivity contribution is -0.136. The molecule has 2 saturated heterocycles. The van der Waals surface area contributed by atoms with Gasteiger partial charge in [0.25, 0.3) is 0 Å². The van der Waals surface area contributed by atoms with E-state index in [0.29, 0.717) is 0 Å². The molecule has 1 amide bonds. The molecule has 0 saturated carbocycles. The van der Waals surface area contributed by atoms with Crippen molar-refractivity contribution in [1.29, 1.82) is 0 Å². The zero-order valence-corrected chi connectivity index (χ0v) is 9.86. The molecule has 0 aromatic carbocycles. The van der Waals surface area contributed by atoms with Crippen LogP contribution in [0, 0.1) is 0 Å². The molecule has 0 aromatic heterocycles. The van der Waals surface area contributed by atoms with Gasteiger partial charge in [-0.25, -0.2) is 0 Å². The molecule has 0 spiro atoms. The number of aliphatic hydroxyl groups is 2. The second kappa shape index (κ2) is 4.56. The van der Waals surface area contributed by atoms with E-state index in [1.54, 1.807) is 0 Å². The van der Waals surface area contributed by atoms with E-state index in [1.165, 1.54) is 11.8 Å². The molecule has 2 fully saturated rings. The smallest absolute Gasteiger partial charge is 0.394 e. The summed E-state index contributed by atoms with van der Waals surface area (Å²) in [5.41, 5.74) is 0. The minimum Gasteiger partial charge on any atom is -0.394 e. The quantitative estimate of drug-likeness (QED) is 0.413. The van der Waals surface area contributed by atoms with Crippen LogP contribution in [0.15, 0.2) is 0 Å². The molecule has 0 radical (unpaired) electrons. The van der Waals surface area contributed by atoms with Crippen LogP contribution in [0.2, 0.25) is 0 Å². The third-order valence-electron chi connectivity index (χ3n) is 2.92. The van der Waals surface area contributed by atoms with Crippen LogP contribution in [0.1, 0.15) is 6.92 Å². The summed E-state index contributed by atoms with van der Waals surface area (Å²) < 4.78 is 20.5. The predicted molar refractivity (Wildman–Crippen MR) is 52.8 cm³/mol. The maximum atomic E-state index is 11.2. The van der Waals surface area contributed by atoms with Crippen molar-refractivity contribution in [2.45, 2.75) is 37.5 Å². The van der Waals surface area contributed by atoms with Gasteiger partial charge in [-0.2, -0.15) is 0 Å². The van der Waals surface area contributed by atoms with Gasteiger partial charge in [0.05, 0.1) is 6.61 Å². The first-order chi connectivity index (χ1) is 7.97. The van der Waals surface area contributed by atoms with E-state index in [-0.39, 0.29) is 5.91 Å². The Balaban J connectivity index is 2.12. The van der Waals surface area contributed by atoms with E-state index in [9.17, 15) is 14.5 Å². The fraction of sp³-hybridized carbons (Fsp3) is 0.875. The first-order valence-electron chi connectivity index (χ1n) is 5.03. The van der Waals surface area contributed by atoms with Crippen LogP contribution < -0.4 is 0 Å². The van der Waals surface area contributed by atoms with Gasteiger partial charge in [-0.1, -0.05) is 0 Å². The van der Waals surface area contributed by atoms with Gasteiger partial charge in [0.15, 0.2) is 12.3 Å². The van der Waals surface area contributed by atoms with Crippen LogP contribution in [0.3, 0.4) is 0 Å². The topological polar surface area (TPSA) is 116 Å². The average Bonchev–Trinajstić information content (AvgIpc) is 2.95. The lowest BCUT2D eigenvalue weighted by Crippen LogP contribution is -2.49. The summed E-state index contributed by atoms with van der Waals surface area (Å²) >= 11 is 0. The fourth-order valence-electron chi connectivity index (χ4n) is 2.15. The molecule has 0 aromatic rings. The van der Waals surface area contributed by atoms with Gasteiger partial charge in [-0.3, -0.25) is 4.79 Å². The third-order valence-corrected chi connectivity index (χ3v) is 3.34. The first kappa shape index (κ1) is 12.8. The van der Waals surface area contributed by atoms with Crippen LogP contribution >= 0.6 is 8.25 Å². The monoisotopic (exact) mass is 266 g/mol. The van der Waals surface area contributed by atoms with Crippen LogP contribution in [0.4, 0.5) is 0 Å². The summed E-state index contributed by atoms with van der Waals surface area (Å²) in [6, 6.07) is -0.574. The Morgan fingerprint density at radius 2 is 2.24 bits per heavy atom. The van der Waals surface area contributed by atoms with Gasteiger partial charge in [0.2, 0.25) is 5.91 Å². The van der Waals surface area contributed by atoms with E-state index >= 15 is 0 Å². The normalized spacial score (nSPS) is 40.8. The zero-order chi connectivity index (χ0) is 12.7. The number of rotatable bonds is 3. The highest BCUT2D eigenvalue weighted by molar-refractivity contribution is 7.32. The first-order valence-corrected chi connectivity index (χ1v) is 6.16. The summed E-state index contributed by atoms with van der Waals surface area (Å²) in [6.07, 6.45) is -3.79. The molecular weight excluding hydrogens is 253 g/mol. The number of amides is 1. The Bertz CT molecular complexity index is 351. The van der Waals surface area contributed by atoms with E-state index in [2.05, 4.69) is 4.52 Å². The molecule has 2 heterocycles. The van der Waals surface area contributed by atoms with Gasteiger partial charge in [0, 0.05) is 11.5 Å². The number of ether oxygens (including phenoxy) is 1. The number of aliphatic hydroxyl groups excluding tert-OH is 2. The Hall–Kier alpha value is -0.630. The van der Waals surface area contributed by atoms with Gasteiger partial charge in [-0.05, 0) is 0 Å². The minimum absolute atomic E-state index is 0.273. The molecule has 2 rings (SSSR count). The standard InChI is InChI=1S/C8H12NO7P/c1-3(11)9-5-6(12)7(16-17(13)14)4(2-10)15-8(5)9/h4-8,10,12H,2H2,1H3/p+1. The lowest BCUT2D eigenvalue weighted by Gasteiger charge is -2.27. The highest BCUT2D eigenvalue weighted by atomic mass is 31.1. The number of hydrogen-bond donors (Lipinski definition) is 3. The molecule has 0 aliphatic carbocycles. The maximum absolute atomic E-state index is 11.2. The highest BCUT2D eigenvalue weighted by Crippen LogP contribution is 2.42. The van der Waals surface area contributed by atoms with E-state index in [0.717, 1.165) is 0 Å². The molecular formula is C8H13NO7P+. The van der Waals surface area contributed by atoms with Crippen molar-refractivity contribution in [2.24, 2.45) is 0 Å². The number of carbonyl (C=O) groups excluding carboxylic acids is 1. The second-order valence-corrected chi connectivity index (χ2v) is 4.65. The molecule has 96 valence electrons. The molecule has 2 aliphatic rings. The third kappa shape index (κ3) is 2.20. The van der Waals surface area contributed by atoms with Crippen molar-refractivity contribution in [2.75, 3.05) is 6.61 Å². The highest BCUT2D eigenvalue weighted by Gasteiger charge is 2.64. The summed E-state index contributed by atoms with van der Waals surface area (Å²) in [4.78, 5) is 21.1. The largest absolute Gasteiger partial charge is 0.695 e. The average molecular weight is 266 g/mol. The van der Waals surface area contributed by atoms with Crippen LogP contribution in [0.5, 0.6) is 0 Å². The van der Waals surface area contributed by atoms with Gasteiger partial charge in [0.1, 0.15) is 18.2 Å². The van der Waals surface area contributed by atoms with Crippen molar-refractivity contribution in [1.82, 2.24) is 4.90 Å². The van der Waals surface area contributed by atoms with Gasteiger partial charge < -0.3 is 19.8 Å². The van der Waals surface area contributed by atoms with Gasteiger partial charge >= 0.3 is 8.25 Å². The molecule has 6 atom stereocenters. The van der Waals surface area contributed by atoms with Crippen molar-refractivity contribution in [3.05, 3.63) is 0 Å². The van der Waals surface area contributed by atoms with Crippen molar-refractivity contribution < 1.29 is 33.7 Å². The molecule has 6 unspecified atom stereocenters. The Morgan fingerprint density at radius 1 is 1.59 bits per heavy atom. The van der Waals surface area contributed by atoms with E-state index < -0.39 is 45.4 Å². The maximum Gasteiger partial charge on any atom is 0.695 e. The summed E-state index contributed by atoms with van der Waals surface area (Å²) in [5.74, 6) is -0.273. The van der Waals surface area contributed by atoms with Crippen LogP contribution in [-0.4, -0.2) is 63.1 Å². The molecule has 3 N–H and O–H groups in total. The number of carbonyl (C=O) groups is 1. The predicted octanol–water partition coefficient (Wildman–Crippen LogP) is -1.67. The van der Waals surface area contributed by atoms with Crippen LogP contribution in [0.25, 0.3) is 0 Å². The van der Waals surface area contributed by atoms with Crippen LogP contribution in [-0.2, 0) is 18.6 Å². The lowest BCUT2D eigenvalue weighted by atomic mass is 10.0. The molecule has 2 aliphatic heterocycles. The number of fused-ring (bicyclic) bond motifs is 1. The summed E-state index contributed by atoms with van der Waals surface area (Å²) in [6.45, 7) is 0.852. The zero-order valence-electron chi connectivity index (χ0n) is 8.96. The Labute approximate surface area is 97.7 Å². The Kier molecular flexibility index (Phi) is 3.44. The summed E-state index contributed by atoms with van der Waals surface area (Å²) in [7, 11) is -2.92. The molecule has 9 heteroatoms. The molecule has 17 heavy (non-hydrogen) atoms. The Morgan fingerprint density at radius 3 is 2.71 bits per heavy atom. The van der Waals surface area contributed by atoms with Crippen molar-refractivity contribution in [3.8, 4) is 0 Å². The summed E-state index contributed by atoms with van der Waals surface area (Å²) in [5, 5.41) is 19.0. The second-order valence-electron chi connectivity index (χ2n) is 3.96. The SMILES string of the molecule is CC(=O)N1C2OC(CO)C(O[P+](=O)O)C(O)C21. The van der Waals surface area contributed by atoms with E-state index in [4.69, 9.17) is 14.7 Å². The molecule has 0 bridgehead atoms. The van der Waals surface area contributed by atoms with E-state index in [1.807, 2.05) is 0 Å². The minimum atomic E-state index is -2.92. The van der Waals surface area contributed by atoms with Crippen molar-refractivity contribution in [3.63, 3.8) is 0 Å². The number of hydrogen-bond acceptors (Lipinski definition) is 6. The van der Waals surface area contributed by atoms with Crippen molar-refractivity contribution >= 4 is 14.2 Å². The fourth-order valence-corrected chi connectivity index (χ4v) is 2.62.